The van der Waals surface area contributed by atoms with E-state index in [0.717, 1.165) is 0 Å². The lowest BCUT2D eigenvalue weighted by Crippen LogP contribution is -2.29. The van der Waals surface area contributed by atoms with Crippen LogP contribution >= 0.6 is 0 Å². The summed E-state index contributed by atoms with van der Waals surface area (Å²) < 4.78 is 0. The van der Waals surface area contributed by atoms with Gasteiger partial charge in [0.05, 0.1) is 0 Å². The molecule has 0 saturated carbocycles. The average molecular weight is 343 g/mol. The number of aryl methyl sites for hydroxylation is 1. The van der Waals surface area contributed by atoms with E-state index >= 15 is 0 Å². The fourth-order valence-corrected chi connectivity index (χ4v) is 4.15. The summed E-state index contributed by atoms with van der Waals surface area (Å²) in [4.78, 5) is 0. The highest BCUT2D eigenvalue weighted by Crippen LogP contribution is 2.43. The van der Waals surface area contributed by atoms with Crippen LogP contribution in [0.3, 0.4) is 0 Å². The topological polar surface area (TPSA) is 0 Å². The Morgan fingerprint density at radius 2 is 1.00 bits per heavy atom. The van der Waals surface area contributed by atoms with Crippen molar-refractivity contribution in [1.82, 2.24) is 0 Å². The van der Waals surface area contributed by atoms with E-state index in [1.165, 1.54) is 33.4 Å². The second-order valence-electron chi connectivity index (χ2n) is 8.41. The Hall–Kier alpha value is -2.34. The van der Waals surface area contributed by atoms with Crippen LogP contribution in [0.15, 0.2) is 72.8 Å². The maximum atomic E-state index is 2.36. The van der Waals surface area contributed by atoms with Crippen LogP contribution in [0.4, 0.5) is 0 Å². The van der Waals surface area contributed by atoms with Crippen molar-refractivity contribution in [3.63, 3.8) is 0 Å². The molecule has 0 amide bonds. The van der Waals surface area contributed by atoms with Crippen LogP contribution in [0.1, 0.15) is 61.1 Å². The summed E-state index contributed by atoms with van der Waals surface area (Å²) in [6.07, 6.45) is 0. The van der Waals surface area contributed by atoms with Crippen LogP contribution in [0, 0.1) is 13.8 Å². The SMILES string of the molecule is Cc1ccc(C(C)(C)c2ccccc2)c(C(C)(C)c2ccccc2)c1C. The van der Waals surface area contributed by atoms with Crippen molar-refractivity contribution in [3.8, 4) is 0 Å². The minimum atomic E-state index is -0.0568. The Kier molecular flexibility index (Phi) is 4.80. The summed E-state index contributed by atoms with van der Waals surface area (Å²) in [6.45, 7) is 13.9. The average Bonchev–Trinajstić information content (AvgIpc) is 2.65. The Bertz CT molecular complexity index is 884. The molecule has 26 heavy (non-hydrogen) atoms. The van der Waals surface area contributed by atoms with Gasteiger partial charge in [0.1, 0.15) is 0 Å². The molecule has 0 spiro atoms. The molecule has 0 heteroatoms. The van der Waals surface area contributed by atoms with Gasteiger partial charge in [0.2, 0.25) is 0 Å². The second-order valence-corrected chi connectivity index (χ2v) is 8.41. The van der Waals surface area contributed by atoms with Gasteiger partial charge in [0.25, 0.3) is 0 Å². The van der Waals surface area contributed by atoms with E-state index in [2.05, 4.69) is 114 Å². The maximum absolute atomic E-state index is 2.36. The monoisotopic (exact) mass is 342 g/mol. The van der Waals surface area contributed by atoms with Gasteiger partial charge in [-0.15, -0.1) is 0 Å². The lowest BCUT2D eigenvalue weighted by Gasteiger charge is -2.37. The van der Waals surface area contributed by atoms with Crippen molar-refractivity contribution in [2.75, 3.05) is 0 Å². The summed E-state index contributed by atoms with van der Waals surface area (Å²) in [5.74, 6) is 0. The first-order chi connectivity index (χ1) is 12.3. The molecule has 3 rings (SSSR count). The molecule has 0 radical (unpaired) electrons. The number of hydrogen-bond acceptors (Lipinski definition) is 0. The first-order valence-corrected chi connectivity index (χ1v) is 9.48. The van der Waals surface area contributed by atoms with Crippen molar-refractivity contribution in [2.24, 2.45) is 0 Å². The molecule has 3 aromatic rings. The molecule has 0 heterocycles. The lowest BCUT2D eigenvalue weighted by molar-refractivity contribution is 0.574. The van der Waals surface area contributed by atoms with Crippen molar-refractivity contribution >= 4 is 0 Å². The predicted octanol–water partition coefficient (Wildman–Crippen LogP) is 6.96. The smallest absolute Gasteiger partial charge is 0.0152 e. The maximum Gasteiger partial charge on any atom is 0.0152 e. The standard InChI is InChI=1S/C26H30/c1-19-17-18-23(25(3,4)21-13-9-7-10-14-21)24(20(19)2)26(5,6)22-15-11-8-12-16-22/h7-18H,1-6H3. The van der Waals surface area contributed by atoms with Gasteiger partial charge in [0.15, 0.2) is 0 Å². The second kappa shape index (κ2) is 6.76. The summed E-state index contributed by atoms with van der Waals surface area (Å²) in [6, 6.07) is 26.4. The number of rotatable bonds is 4. The van der Waals surface area contributed by atoms with Gasteiger partial charge in [-0.3, -0.25) is 0 Å². The zero-order valence-electron chi connectivity index (χ0n) is 16.9. The van der Waals surface area contributed by atoms with Crippen molar-refractivity contribution in [1.29, 1.82) is 0 Å². The fraction of sp³-hybridized carbons (Fsp3) is 0.308. The molecule has 0 saturated heterocycles. The molecule has 0 aromatic heterocycles. The summed E-state index contributed by atoms with van der Waals surface area (Å²) in [7, 11) is 0. The van der Waals surface area contributed by atoms with Gasteiger partial charge in [-0.25, -0.2) is 0 Å². The predicted molar refractivity (Wildman–Crippen MR) is 113 cm³/mol. The molecule has 0 aliphatic heterocycles. The zero-order valence-corrected chi connectivity index (χ0v) is 16.9. The molecule has 0 bridgehead atoms. The molecule has 0 unspecified atom stereocenters. The molecule has 3 aromatic carbocycles. The highest BCUT2D eigenvalue weighted by Gasteiger charge is 2.34. The van der Waals surface area contributed by atoms with Crippen LogP contribution in [-0.4, -0.2) is 0 Å². The molecule has 0 N–H and O–H groups in total. The van der Waals surface area contributed by atoms with Crippen LogP contribution in [0.2, 0.25) is 0 Å². The molecular weight excluding hydrogens is 312 g/mol. The normalized spacial score (nSPS) is 12.2. The van der Waals surface area contributed by atoms with Gasteiger partial charge in [-0.05, 0) is 47.2 Å². The largest absolute Gasteiger partial charge is 0.0622 e. The Morgan fingerprint density at radius 3 is 1.50 bits per heavy atom. The van der Waals surface area contributed by atoms with Crippen molar-refractivity contribution in [3.05, 3.63) is 106 Å². The van der Waals surface area contributed by atoms with Crippen LogP contribution < -0.4 is 0 Å². The first-order valence-electron chi connectivity index (χ1n) is 9.48. The van der Waals surface area contributed by atoms with Crippen LogP contribution in [0.5, 0.6) is 0 Å². The highest BCUT2D eigenvalue weighted by atomic mass is 14.4. The van der Waals surface area contributed by atoms with Crippen molar-refractivity contribution in [2.45, 2.75) is 52.4 Å². The quantitative estimate of drug-likeness (QED) is 0.481. The van der Waals surface area contributed by atoms with Crippen LogP contribution in [-0.2, 0) is 10.8 Å². The van der Waals surface area contributed by atoms with E-state index in [4.69, 9.17) is 0 Å². The van der Waals surface area contributed by atoms with E-state index in [0.29, 0.717) is 0 Å². The molecule has 134 valence electrons. The fourth-order valence-electron chi connectivity index (χ4n) is 4.15. The minimum Gasteiger partial charge on any atom is -0.0622 e. The lowest BCUT2D eigenvalue weighted by atomic mass is 9.66. The number of hydrogen-bond donors (Lipinski definition) is 0. The minimum absolute atomic E-state index is 0.0545. The first kappa shape index (κ1) is 18.5. The molecule has 0 aliphatic rings. The Morgan fingerprint density at radius 1 is 0.538 bits per heavy atom. The third-order valence-corrected chi connectivity index (χ3v) is 6.03. The molecule has 0 aliphatic carbocycles. The third kappa shape index (κ3) is 3.09. The number of benzene rings is 3. The van der Waals surface area contributed by atoms with E-state index in [-0.39, 0.29) is 10.8 Å². The Labute approximate surface area is 158 Å². The van der Waals surface area contributed by atoms with Crippen LogP contribution in [0.25, 0.3) is 0 Å². The van der Waals surface area contributed by atoms with Gasteiger partial charge in [-0.1, -0.05) is 100 Å². The third-order valence-electron chi connectivity index (χ3n) is 6.03. The summed E-state index contributed by atoms with van der Waals surface area (Å²) in [5, 5.41) is 0. The molecule has 0 fully saturated rings. The van der Waals surface area contributed by atoms with E-state index in [9.17, 15) is 0 Å². The van der Waals surface area contributed by atoms with Crippen molar-refractivity contribution < 1.29 is 0 Å². The summed E-state index contributed by atoms with van der Waals surface area (Å²) in [5.41, 5.74) is 8.24. The van der Waals surface area contributed by atoms with E-state index in [1.807, 2.05) is 0 Å². The Balaban J connectivity index is 2.28. The molecule has 0 nitrogen and oxygen atoms in total. The van der Waals surface area contributed by atoms with Gasteiger partial charge in [0, 0.05) is 10.8 Å². The molecule has 0 atom stereocenters. The zero-order chi connectivity index (χ0) is 18.9. The summed E-state index contributed by atoms with van der Waals surface area (Å²) >= 11 is 0. The highest BCUT2D eigenvalue weighted by molar-refractivity contribution is 5.54. The van der Waals surface area contributed by atoms with E-state index in [1.54, 1.807) is 0 Å². The molecular formula is C26H30. The van der Waals surface area contributed by atoms with Gasteiger partial charge in [-0.2, -0.15) is 0 Å². The van der Waals surface area contributed by atoms with Gasteiger partial charge >= 0.3 is 0 Å². The van der Waals surface area contributed by atoms with E-state index < -0.39 is 0 Å². The van der Waals surface area contributed by atoms with Gasteiger partial charge < -0.3 is 0 Å².